The molecule has 4 atom stereocenters. The summed E-state index contributed by atoms with van der Waals surface area (Å²) in [5.74, 6) is -0.783. The van der Waals surface area contributed by atoms with E-state index < -0.39 is 17.2 Å². The average Bonchev–Trinajstić information content (AvgIpc) is 2.86. The third-order valence-electron chi connectivity index (χ3n) is 5.19. The van der Waals surface area contributed by atoms with Gasteiger partial charge in [-0.3, -0.25) is 0 Å². The number of benzene rings is 1. The Morgan fingerprint density at radius 3 is 2.50 bits per heavy atom. The summed E-state index contributed by atoms with van der Waals surface area (Å²) < 4.78 is 39.6. The van der Waals surface area contributed by atoms with Crippen LogP contribution in [0.1, 0.15) is 39.2 Å². The summed E-state index contributed by atoms with van der Waals surface area (Å²) >= 11 is 3.73. The van der Waals surface area contributed by atoms with Crippen LogP contribution in [0.5, 0.6) is 0 Å². The van der Waals surface area contributed by atoms with Gasteiger partial charge < -0.3 is 9.47 Å². The van der Waals surface area contributed by atoms with Crippen molar-refractivity contribution < 1.29 is 18.3 Å². The van der Waals surface area contributed by atoms with Crippen molar-refractivity contribution in [3.05, 3.63) is 35.4 Å². The third-order valence-corrected chi connectivity index (χ3v) is 6.29. The van der Waals surface area contributed by atoms with Crippen molar-refractivity contribution in [2.45, 2.75) is 62.4 Å². The maximum absolute atomic E-state index is 13.7. The molecule has 0 unspecified atom stereocenters. The lowest BCUT2D eigenvalue weighted by Crippen LogP contribution is -2.45. The standard InChI is InChI=1S/C17H21BrF2O2/c1-10(2)17-8-15(16(3,22-17)7-14(17)18)21-9-11-12(19)5-4-6-13(11)20/h4-6,10,14-15H,7-9H2,1-3H3/t14-,15+,16-,17+/m1/s1. The highest BCUT2D eigenvalue weighted by molar-refractivity contribution is 9.09. The van der Waals surface area contributed by atoms with Crippen LogP contribution < -0.4 is 0 Å². The van der Waals surface area contributed by atoms with E-state index in [0.717, 1.165) is 12.8 Å². The van der Waals surface area contributed by atoms with Gasteiger partial charge in [0, 0.05) is 16.8 Å². The average molecular weight is 375 g/mol. The minimum Gasteiger partial charge on any atom is -0.370 e. The number of rotatable bonds is 4. The lowest BCUT2D eigenvalue weighted by molar-refractivity contribution is -0.0960. The number of alkyl halides is 1. The minimum atomic E-state index is -0.564. The Morgan fingerprint density at radius 2 is 1.95 bits per heavy atom. The molecule has 1 aromatic carbocycles. The molecule has 0 N–H and O–H groups in total. The molecule has 2 saturated heterocycles. The molecule has 0 amide bonds. The van der Waals surface area contributed by atoms with Crippen LogP contribution in [0.3, 0.4) is 0 Å². The van der Waals surface area contributed by atoms with Crippen LogP contribution >= 0.6 is 15.9 Å². The van der Waals surface area contributed by atoms with Crippen molar-refractivity contribution >= 4 is 15.9 Å². The summed E-state index contributed by atoms with van der Waals surface area (Å²) in [6.45, 7) is 6.24. The van der Waals surface area contributed by atoms with E-state index in [9.17, 15) is 8.78 Å². The molecule has 0 spiro atoms. The number of hydrogen-bond donors (Lipinski definition) is 0. The van der Waals surface area contributed by atoms with Gasteiger partial charge in [0.1, 0.15) is 11.6 Å². The van der Waals surface area contributed by atoms with E-state index in [1.165, 1.54) is 18.2 Å². The molecule has 2 heterocycles. The molecule has 0 aliphatic carbocycles. The SMILES string of the molecule is CC(C)[C@@]12C[C@H](OCc3c(F)cccc3F)[C@@](C)(C[C@H]1Br)O2. The summed E-state index contributed by atoms with van der Waals surface area (Å²) in [6.07, 6.45) is 1.44. The number of fused-ring (bicyclic) bond motifs is 2. The van der Waals surface area contributed by atoms with Crippen LogP contribution in [0.25, 0.3) is 0 Å². The van der Waals surface area contributed by atoms with Gasteiger partial charge in [-0.05, 0) is 31.4 Å². The first kappa shape index (κ1) is 16.3. The molecule has 1 aromatic rings. The predicted molar refractivity (Wildman–Crippen MR) is 83.9 cm³/mol. The second-order valence-corrected chi connectivity index (χ2v) is 8.01. The zero-order chi connectivity index (χ0) is 16.1. The van der Waals surface area contributed by atoms with E-state index in [0.29, 0.717) is 5.92 Å². The maximum atomic E-state index is 13.7. The van der Waals surface area contributed by atoms with Crippen LogP contribution in [0.2, 0.25) is 0 Å². The lowest BCUT2D eigenvalue weighted by atomic mass is 9.75. The smallest absolute Gasteiger partial charge is 0.131 e. The van der Waals surface area contributed by atoms with Crippen LogP contribution in [0, 0.1) is 17.6 Å². The number of ether oxygens (including phenoxy) is 2. The molecule has 2 bridgehead atoms. The van der Waals surface area contributed by atoms with E-state index in [-0.39, 0.29) is 28.7 Å². The molecule has 3 rings (SSSR count). The quantitative estimate of drug-likeness (QED) is 0.717. The van der Waals surface area contributed by atoms with Crippen LogP contribution in [-0.2, 0) is 16.1 Å². The Hall–Kier alpha value is -0.520. The highest BCUT2D eigenvalue weighted by Crippen LogP contribution is 2.57. The fourth-order valence-electron chi connectivity index (χ4n) is 3.75. The van der Waals surface area contributed by atoms with Crippen molar-refractivity contribution in [2.24, 2.45) is 5.92 Å². The molecule has 0 radical (unpaired) electrons. The molecule has 0 aromatic heterocycles. The normalized spacial score (nSPS) is 37.2. The van der Waals surface area contributed by atoms with E-state index >= 15 is 0 Å². The molecular weight excluding hydrogens is 354 g/mol. The van der Waals surface area contributed by atoms with Crippen molar-refractivity contribution in [1.82, 2.24) is 0 Å². The van der Waals surface area contributed by atoms with Gasteiger partial charge in [-0.15, -0.1) is 0 Å². The van der Waals surface area contributed by atoms with Gasteiger partial charge in [0.2, 0.25) is 0 Å². The summed E-state index contributed by atoms with van der Waals surface area (Å²) in [5, 5.41) is 0. The van der Waals surface area contributed by atoms with Gasteiger partial charge in [0.15, 0.2) is 0 Å². The van der Waals surface area contributed by atoms with Crippen molar-refractivity contribution in [2.75, 3.05) is 0 Å². The first-order valence-electron chi connectivity index (χ1n) is 7.67. The van der Waals surface area contributed by atoms with Crippen LogP contribution in [0.4, 0.5) is 8.78 Å². The van der Waals surface area contributed by atoms with E-state index in [1.807, 2.05) is 6.92 Å². The van der Waals surface area contributed by atoms with E-state index in [1.54, 1.807) is 0 Å². The minimum absolute atomic E-state index is 0.0112. The zero-order valence-corrected chi connectivity index (χ0v) is 14.6. The molecule has 2 aliphatic heterocycles. The predicted octanol–water partition coefficient (Wildman–Crippen LogP) is 4.59. The summed E-state index contributed by atoms with van der Waals surface area (Å²) in [4.78, 5) is 0.287. The Bertz CT molecular complexity index is 560. The van der Waals surface area contributed by atoms with E-state index in [4.69, 9.17) is 9.47 Å². The van der Waals surface area contributed by atoms with Gasteiger partial charge in [-0.1, -0.05) is 35.8 Å². The topological polar surface area (TPSA) is 18.5 Å². The lowest BCUT2D eigenvalue weighted by Gasteiger charge is -2.35. The monoisotopic (exact) mass is 374 g/mol. The fourth-order valence-corrected chi connectivity index (χ4v) is 5.20. The molecule has 5 heteroatoms. The number of hydrogen-bond acceptors (Lipinski definition) is 2. The Kier molecular flexibility index (Phi) is 4.11. The molecular formula is C17H21BrF2O2. The maximum Gasteiger partial charge on any atom is 0.131 e. The molecule has 2 aliphatic rings. The first-order valence-corrected chi connectivity index (χ1v) is 8.59. The molecule has 2 nitrogen and oxygen atoms in total. The van der Waals surface area contributed by atoms with Crippen LogP contribution in [-0.4, -0.2) is 22.1 Å². The van der Waals surface area contributed by atoms with Gasteiger partial charge in [-0.2, -0.15) is 0 Å². The van der Waals surface area contributed by atoms with Crippen LogP contribution in [0.15, 0.2) is 18.2 Å². The van der Waals surface area contributed by atoms with Crippen molar-refractivity contribution in [3.8, 4) is 0 Å². The van der Waals surface area contributed by atoms with Gasteiger partial charge >= 0.3 is 0 Å². The largest absolute Gasteiger partial charge is 0.370 e. The Balaban J connectivity index is 1.75. The molecule has 0 saturated carbocycles. The molecule has 122 valence electrons. The Labute approximate surface area is 138 Å². The molecule has 22 heavy (non-hydrogen) atoms. The van der Waals surface area contributed by atoms with E-state index in [2.05, 4.69) is 29.8 Å². The summed E-state index contributed by atoms with van der Waals surface area (Å²) in [5.41, 5.74) is -0.671. The summed E-state index contributed by atoms with van der Waals surface area (Å²) in [7, 11) is 0. The van der Waals surface area contributed by atoms with Gasteiger partial charge in [0.05, 0.1) is 23.9 Å². The molecule has 2 fully saturated rings. The zero-order valence-electron chi connectivity index (χ0n) is 13.0. The second kappa shape index (κ2) is 5.53. The first-order chi connectivity index (χ1) is 10.3. The second-order valence-electron chi connectivity index (χ2n) is 6.90. The van der Waals surface area contributed by atoms with Gasteiger partial charge in [0.25, 0.3) is 0 Å². The number of halogens is 3. The highest BCUT2D eigenvalue weighted by atomic mass is 79.9. The fraction of sp³-hybridized carbons (Fsp3) is 0.647. The van der Waals surface area contributed by atoms with Crippen molar-refractivity contribution in [3.63, 3.8) is 0 Å². The van der Waals surface area contributed by atoms with Gasteiger partial charge in [-0.25, -0.2) is 8.78 Å². The summed E-state index contributed by atoms with van der Waals surface area (Å²) in [6, 6.07) is 3.87. The third kappa shape index (κ3) is 2.42. The Morgan fingerprint density at radius 1 is 1.32 bits per heavy atom. The van der Waals surface area contributed by atoms with Crippen molar-refractivity contribution in [1.29, 1.82) is 0 Å². The highest BCUT2D eigenvalue weighted by Gasteiger charge is 2.65.